The molecule has 2 aliphatic heterocycles. The summed E-state index contributed by atoms with van der Waals surface area (Å²) in [7, 11) is 0. The van der Waals surface area contributed by atoms with E-state index in [1.165, 1.54) is 16.2 Å². The molecule has 0 radical (unpaired) electrons. The van der Waals surface area contributed by atoms with E-state index in [0.717, 1.165) is 21.3 Å². The second-order valence-corrected chi connectivity index (χ2v) is 9.18. The highest BCUT2D eigenvalue weighted by Crippen LogP contribution is 2.35. The summed E-state index contributed by atoms with van der Waals surface area (Å²) in [4.78, 5) is 34.5. The Hall–Kier alpha value is -2.90. The summed E-state index contributed by atoms with van der Waals surface area (Å²) in [6, 6.07) is 11.9. The molecule has 0 aliphatic carbocycles. The minimum atomic E-state index is -0.200. The number of nitrogens with one attached hydrogen (secondary N) is 1. The number of thiophene rings is 1. The Morgan fingerprint density at radius 1 is 1.06 bits per heavy atom. The van der Waals surface area contributed by atoms with E-state index in [1.54, 1.807) is 0 Å². The summed E-state index contributed by atoms with van der Waals surface area (Å²) in [5, 5.41) is 3.07. The molecule has 0 bridgehead atoms. The first-order valence-corrected chi connectivity index (χ1v) is 11.5. The number of amides is 2. The van der Waals surface area contributed by atoms with E-state index in [2.05, 4.69) is 11.1 Å². The SMILES string of the molecule is CC1CN(C2=C(c3cccs3)C(=O)N(CCc3c[nH]c4ccccc34)C2=O)CC(C)O1. The molecule has 31 heavy (non-hydrogen) atoms. The van der Waals surface area contributed by atoms with Crippen molar-refractivity contribution in [2.24, 2.45) is 0 Å². The Morgan fingerprint density at radius 3 is 2.58 bits per heavy atom. The maximum atomic E-state index is 13.5. The molecule has 2 aliphatic rings. The number of aromatic nitrogens is 1. The molecule has 1 aromatic carbocycles. The number of carbonyl (C=O) groups is 2. The van der Waals surface area contributed by atoms with Crippen LogP contribution in [0.4, 0.5) is 0 Å². The molecule has 2 amide bonds. The number of para-hydroxylation sites is 1. The summed E-state index contributed by atoms with van der Waals surface area (Å²) in [5.41, 5.74) is 3.22. The predicted molar refractivity (Wildman–Crippen MR) is 122 cm³/mol. The fraction of sp³-hybridized carbons (Fsp3) is 0.333. The van der Waals surface area contributed by atoms with Crippen LogP contribution in [0.25, 0.3) is 16.5 Å². The standard InChI is InChI=1S/C24H25N3O3S/c1-15-13-26(14-16(2)30-15)22-21(20-8-5-11-31-20)23(28)27(24(22)29)10-9-17-12-25-19-7-4-3-6-18(17)19/h3-8,11-12,15-16,25H,9-10,13-14H2,1-2H3. The van der Waals surface area contributed by atoms with Crippen molar-refractivity contribution in [3.05, 3.63) is 64.1 Å². The fourth-order valence-electron chi connectivity index (χ4n) is 4.63. The van der Waals surface area contributed by atoms with E-state index in [9.17, 15) is 9.59 Å². The molecule has 2 atom stereocenters. The molecule has 6 nitrogen and oxygen atoms in total. The highest BCUT2D eigenvalue weighted by Gasteiger charge is 2.43. The van der Waals surface area contributed by atoms with Gasteiger partial charge in [0, 0.05) is 41.6 Å². The first-order valence-electron chi connectivity index (χ1n) is 10.6. The van der Waals surface area contributed by atoms with Crippen LogP contribution < -0.4 is 0 Å². The van der Waals surface area contributed by atoms with Gasteiger partial charge in [-0.2, -0.15) is 0 Å². The molecule has 2 aromatic heterocycles. The van der Waals surface area contributed by atoms with E-state index in [1.807, 2.05) is 60.7 Å². The van der Waals surface area contributed by atoms with Gasteiger partial charge in [-0.15, -0.1) is 11.3 Å². The van der Waals surface area contributed by atoms with Crippen molar-refractivity contribution in [3.63, 3.8) is 0 Å². The molecule has 1 fully saturated rings. The van der Waals surface area contributed by atoms with E-state index < -0.39 is 0 Å². The van der Waals surface area contributed by atoms with Crippen LogP contribution in [0.5, 0.6) is 0 Å². The van der Waals surface area contributed by atoms with Crippen molar-refractivity contribution in [1.29, 1.82) is 0 Å². The lowest BCUT2D eigenvalue weighted by Crippen LogP contribution is -2.47. The fourth-order valence-corrected chi connectivity index (χ4v) is 5.40. The van der Waals surface area contributed by atoms with Gasteiger partial charge in [0.15, 0.2) is 0 Å². The van der Waals surface area contributed by atoms with Gasteiger partial charge >= 0.3 is 0 Å². The second-order valence-electron chi connectivity index (χ2n) is 8.23. The maximum absolute atomic E-state index is 13.5. The van der Waals surface area contributed by atoms with Crippen molar-refractivity contribution in [2.75, 3.05) is 19.6 Å². The third-order valence-electron chi connectivity index (χ3n) is 5.93. The molecule has 160 valence electrons. The largest absolute Gasteiger partial charge is 0.372 e. The Labute approximate surface area is 185 Å². The second kappa shape index (κ2) is 7.98. The van der Waals surface area contributed by atoms with Crippen molar-refractivity contribution in [3.8, 4) is 0 Å². The molecule has 7 heteroatoms. The summed E-state index contributed by atoms with van der Waals surface area (Å²) >= 11 is 1.49. The summed E-state index contributed by atoms with van der Waals surface area (Å²) in [6.45, 7) is 5.56. The molecule has 0 spiro atoms. The number of benzene rings is 1. The first kappa shape index (κ1) is 20.0. The number of rotatable bonds is 5. The normalized spacial score (nSPS) is 22.3. The average Bonchev–Trinajstić information content (AvgIpc) is 3.45. The van der Waals surface area contributed by atoms with Gasteiger partial charge < -0.3 is 14.6 Å². The molecular weight excluding hydrogens is 410 g/mol. The van der Waals surface area contributed by atoms with Crippen molar-refractivity contribution in [2.45, 2.75) is 32.5 Å². The zero-order chi connectivity index (χ0) is 21.5. The van der Waals surface area contributed by atoms with Gasteiger partial charge in [-0.3, -0.25) is 14.5 Å². The third-order valence-corrected chi connectivity index (χ3v) is 6.81. The van der Waals surface area contributed by atoms with Gasteiger partial charge in [0.1, 0.15) is 5.70 Å². The Morgan fingerprint density at radius 2 is 1.84 bits per heavy atom. The van der Waals surface area contributed by atoms with E-state index >= 15 is 0 Å². The van der Waals surface area contributed by atoms with Crippen LogP contribution in [0.2, 0.25) is 0 Å². The van der Waals surface area contributed by atoms with Gasteiger partial charge in [-0.05, 0) is 43.3 Å². The number of ether oxygens (including phenoxy) is 1. The van der Waals surface area contributed by atoms with E-state index in [4.69, 9.17) is 4.74 Å². The smallest absolute Gasteiger partial charge is 0.277 e. The summed E-state index contributed by atoms with van der Waals surface area (Å²) in [6.07, 6.45) is 2.59. The number of imide groups is 1. The van der Waals surface area contributed by atoms with Gasteiger partial charge in [-0.25, -0.2) is 0 Å². The molecule has 0 saturated carbocycles. The van der Waals surface area contributed by atoms with Crippen LogP contribution in [-0.4, -0.2) is 58.4 Å². The third kappa shape index (κ3) is 3.58. The predicted octanol–water partition coefficient (Wildman–Crippen LogP) is 3.66. The Kier molecular flexibility index (Phi) is 5.16. The molecule has 5 rings (SSSR count). The number of hydrogen-bond donors (Lipinski definition) is 1. The van der Waals surface area contributed by atoms with Crippen LogP contribution in [0.15, 0.2) is 53.7 Å². The Balaban J connectivity index is 1.45. The molecular formula is C24H25N3O3S. The van der Waals surface area contributed by atoms with Crippen molar-refractivity contribution in [1.82, 2.24) is 14.8 Å². The van der Waals surface area contributed by atoms with Crippen molar-refractivity contribution < 1.29 is 14.3 Å². The quantitative estimate of drug-likeness (QED) is 0.621. The zero-order valence-corrected chi connectivity index (χ0v) is 18.4. The number of morpholine rings is 1. The number of fused-ring (bicyclic) bond motifs is 1. The lowest BCUT2D eigenvalue weighted by Gasteiger charge is -2.37. The van der Waals surface area contributed by atoms with Gasteiger partial charge in [0.25, 0.3) is 11.8 Å². The maximum Gasteiger partial charge on any atom is 0.277 e. The highest BCUT2D eigenvalue weighted by molar-refractivity contribution is 7.11. The average molecular weight is 436 g/mol. The zero-order valence-electron chi connectivity index (χ0n) is 17.6. The first-order chi connectivity index (χ1) is 15.0. The molecule has 1 N–H and O–H groups in total. The minimum absolute atomic E-state index is 0.00371. The highest BCUT2D eigenvalue weighted by atomic mass is 32.1. The van der Waals surface area contributed by atoms with Crippen LogP contribution in [-0.2, 0) is 20.7 Å². The number of H-pyrrole nitrogens is 1. The molecule has 2 unspecified atom stereocenters. The van der Waals surface area contributed by atoms with Crippen LogP contribution in [0, 0.1) is 0 Å². The summed E-state index contributed by atoms with van der Waals surface area (Å²) in [5.74, 6) is -0.399. The van der Waals surface area contributed by atoms with Crippen LogP contribution in [0.3, 0.4) is 0 Å². The van der Waals surface area contributed by atoms with Crippen LogP contribution in [0.1, 0.15) is 24.3 Å². The lowest BCUT2D eigenvalue weighted by molar-refractivity contribution is -0.138. The lowest BCUT2D eigenvalue weighted by atomic mass is 10.1. The van der Waals surface area contributed by atoms with Gasteiger partial charge in [-0.1, -0.05) is 24.3 Å². The van der Waals surface area contributed by atoms with Crippen LogP contribution >= 0.6 is 11.3 Å². The van der Waals surface area contributed by atoms with E-state index in [-0.39, 0.29) is 24.0 Å². The molecule has 4 heterocycles. The number of nitrogens with zero attached hydrogens (tertiary/aromatic N) is 2. The minimum Gasteiger partial charge on any atom is -0.372 e. The molecule has 1 saturated heterocycles. The van der Waals surface area contributed by atoms with E-state index in [0.29, 0.717) is 37.3 Å². The van der Waals surface area contributed by atoms with Crippen molar-refractivity contribution >= 4 is 39.6 Å². The topological polar surface area (TPSA) is 65.6 Å². The summed E-state index contributed by atoms with van der Waals surface area (Å²) < 4.78 is 5.85. The number of aromatic amines is 1. The van der Waals surface area contributed by atoms with Gasteiger partial charge in [0.05, 0.1) is 17.8 Å². The Bertz CT molecular complexity index is 1150. The molecule has 3 aromatic rings. The van der Waals surface area contributed by atoms with Gasteiger partial charge in [0.2, 0.25) is 0 Å². The number of hydrogen-bond acceptors (Lipinski definition) is 5. The monoisotopic (exact) mass is 435 g/mol. The number of carbonyl (C=O) groups excluding carboxylic acids is 2.